The van der Waals surface area contributed by atoms with E-state index in [9.17, 15) is 4.79 Å². The van der Waals surface area contributed by atoms with Crippen LogP contribution in [0.3, 0.4) is 0 Å². The Hall–Kier alpha value is -3.31. The molecule has 10 heteroatoms. The third kappa shape index (κ3) is 4.97. The minimum Gasteiger partial charge on any atom is -0.376 e. The molecule has 1 saturated heterocycles. The van der Waals surface area contributed by atoms with Crippen LogP contribution in [-0.2, 0) is 16.0 Å². The van der Waals surface area contributed by atoms with E-state index in [1.807, 2.05) is 53.0 Å². The van der Waals surface area contributed by atoms with E-state index in [0.717, 1.165) is 27.3 Å². The number of hydrogen-bond donors (Lipinski definition) is 1. The number of likely N-dealkylation sites (N-methyl/N-ethyl adjacent to an activating group) is 1. The first-order valence-electron chi connectivity index (χ1n) is 12.2. The minimum atomic E-state index is -0.190. The second-order valence-electron chi connectivity index (χ2n) is 9.11. The first kappa shape index (κ1) is 24.1. The van der Waals surface area contributed by atoms with Gasteiger partial charge >= 0.3 is 0 Å². The molecule has 0 spiro atoms. The Labute approximate surface area is 222 Å². The number of pyridine rings is 1. The van der Waals surface area contributed by atoms with Crippen molar-refractivity contribution in [3.05, 3.63) is 70.3 Å². The van der Waals surface area contributed by atoms with E-state index in [1.54, 1.807) is 22.7 Å². The van der Waals surface area contributed by atoms with Gasteiger partial charge in [-0.25, -0.2) is 9.97 Å². The summed E-state index contributed by atoms with van der Waals surface area (Å²) in [6.45, 7) is 4.67. The number of rotatable bonds is 7. The van der Waals surface area contributed by atoms with Crippen LogP contribution in [0.15, 0.2) is 54.2 Å². The summed E-state index contributed by atoms with van der Waals surface area (Å²) in [6, 6.07) is 12.1. The van der Waals surface area contributed by atoms with E-state index in [0.29, 0.717) is 44.3 Å². The summed E-state index contributed by atoms with van der Waals surface area (Å²) in [4.78, 5) is 27.1. The van der Waals surface area contributed by atoms with Gasteiger partial charge in [0.2, 0.25) is 0 Å². The van der Waals surface area contributed by atoms with Crippen molar-refractivity contribution in [1.29, 1.82) is 0 Å². The van der Waals surface area contributed by atoms with Gasteiger partial charge in [0.25, 0.3) is 5.91 Å². The first-order valence-corrected chi connectivity index (χ1v) is 13.8. The molecule has 1 atom stereocenters. The van der Waals surface area contributed by atoms with Gasteiger partial charge in [-0.2, -0.15) is 0 Å². The van der Waals surface area contributed by atoms with E-state index in [4.69, 9.17) is 14.5 Å². The number of aryl methyl sites for hydroxylation is 1. The van der Waals surface area contributed by atoms with E-state index in [1.165, 1.54) is 9.58 Å². The fourth-order valence-corrected chi connectivity index (χ4v) is 6.37. The van der Waals surface area contributed by atoms with E-state index in [-0.39, 0.29) is 12.0 Å². The number of thiazole rings is 1. The lowest BCUT2D eigenvalue weighted by atomic mass is 10.1. The Kier molecular flexibility index (Phi) is 6.64. The lowest BCUT2D eigenvalue weighted by Gasteiger charge is -2.29. The number of carbonyl (C=O) groups excluding carboxylic acids is 1. The zero-order valence-electron chi connectivity index (χ0n) is 20.6. The molecule has 37 heavy (non-hydrogen) atoms. The summed E-state index contributed by atoms with van der Waals surface area (Å²) < 4.78 is 14.6. The van der Waals surface area contributed by atoms with Gasteiger partial charge in [0.05, 0.1) is 49.4 Å². The average Bonchev–Trinajstić information content (AvgIpc) is 3.60. The molecule has 1 aliphatic heterocycles. The molecule has 190 valence electrons. The van der Waals surface area contributed by atoms with Gasteiger partial charge in [0, 0.05) is 51.9 Å². The number of amides is 1. The molecule has 1 aliphatic rings. The third-order valence-corrected chi connectivity index (χ3v) is 8.23. The maximum absolute atomic E-state index is 13.4. The molecule has 0 saturated carbocycles. The zero-order valence-corrected chi connectivity index (χ0v) is 22.3. The highest BCUT2D eigenvalue weighted by atomic mass is 32.1. The van der Waals surface area contributed by atoms with E-state index in [2.05, 4.69) is 34.7 Å². The predicted molar refractivity (Wildman–Crippen MR) is 148 cm³/mol. The molecule has 5 heterocycles. The molecular formula is C27H27N5O3S2. The van der Waals surface area contributed by atoms with Gasteiger partial charge in [-0.15, -0.1) is 22.7 Å². The monoisotopic (exact) mass is 533 g/mol. The van der Waals surface area contributed by atoms with E-state index >= 15 is 0 Å². The summed E-state index contributed by atoms with van der Waals surface area (Å²) >= 11 is 3.32. The van der Waals surface area contributed by atoms with Gasteiger partial charge in [-0.1, -0.05) is 18.2 Å². The molecule has 1 N–H and O–H groups in total. The Morgan fingerprint density at radius 1 is 1.19 bits per heavy atom. The quantitative estimate of drug-likeness (QED) is 0.325. The van der Waals surface area contributed by atoms with Crippen molar-refractivity contribution in [3.63, 3.8) is 0 Å². The van der Waals surface area contributed by atoms with Crippen LogP contribution in [0.4, 0.5) is 5.82 Å². The summed E-state index contributed by atoms with van der Waals surface area (Å²) in [5.41, 5.74) is 3.23. The Bertz CT molecular complexity index is 1540. The third-order valence-electron chi connectivity index (χ3n) is 6.35. The number of ether oxygens (including phenoxy) is 2. The van der Waals surface area contributed by atoms with Gasteiger partial charge < -0.3 is 19.7 Å². The van der Waals surface area contributed by atoms with Gasteiger partial charge in [-0.3, -0.25) is 9.20 Å². The van der Waals surface area contributed by atoms with Crippen molar-refractivity contribution in [2.24, 2.45) is 0 Å². The number of nitrogens with zero attached hydrogens (tertiary/aromatic N) is 4. The number of imidazole rings is 1. The molecule has 6 rings (SSSR count). The van der Waals surface area contributed by atoms with E-state index < -0.39 is 0 Å². The fraction of sp³-hybridized carbons (Fsp3) is 0.296. The molecular weight excluding hydrogens is 506 g/mol. The van der Waals surface area contributed by atoms with Crippen LogP contribution in [0, 0.1) is 6.92 Å². The molecule has 0 bridgehead atoms. The number of hydrogen-bond acceptors (Lipinski definition) is 8. The van der Waals surface area contributed by atoms with Crippen LogP contribution in [0.25, 0.3) is 26.3 Å². The van der Waals surface area contributed by atoms with Crippen LogP contribution in [-0.4, -0.2) is 59.8 Å². The first-order chi connectivity index (χ1) is 18.0. The maximum Gasteiger partial charge on any atom is 0.255 e. The van der Waals surface area contributed by atoms with Crippen molar-refractivity contribution in [2.75, 3.05) is 38.3 Å². The number of thiophene rings is 1. The van der Waals surface area contributed by atoms with Gasteiger partial charge in [0.15, 0.2) is 4.96 Å². The van der Waals surface area contributed by atoms with Crippen LogP contribution < -0.4 is 10.2 Å². The molecule has 1 fully saturated rings. The van der Waals surface area contributed by atoms with Gasteiger partial charge in [-0.05, 0) is 25.1 Å². The Balaban J connectivity index is 1.29. The lowest BCUT2D eigenvalue weighted by Crippen LogP contribution is -2.39. The van der Waals surface area contributed by atoms with Crippen molar-refractivity contribution in [2.45, 2.75) is 19.6 Å². The molecule has 0 unspecified atom stereocenters. The summed E-state index contributed by atoms with van der Waals surface area (Å²) in [5.74, 6) is 0.422. The lowest BCUT2D eigenvalue weighted by molar-refractivity contribution is -0.0837. The SMILES string of the molecule is Cc1cn2cc(CNC(=O)c3ccc(-c4csc5ccccc45)nc3N(C)C[C@H]3COCCO3)nc2s1. The minimum absolute atomic E-state index is 0.0796. The Morgan fingerprint density at radius 2 is 2.08 bits per heavy atom. The van der Waals surface area contributed by atoms with Crippen molar-refractivity contribution < 1.29 is 14.3 Å². The van der Waals surface area contributed by atoms with Crippen molar-refractivity contribution in [3.8, 4) is 11.3 Å². The molecule has 1 aromatic carbocycles. The average molecular weight is 534 g/mol. The zero-order chi connectivity index (χ0) is 25.4. The highest BCUT2D eigenvalue weighted by Crippen LogP contribution is 2.34. The number of nitrogens with one attached hydrogen (secondary N) is 1. The fourth-order valence-electron chi connectivity index (χ4n) is 4.59. The number of benzene rings is 1. The number of aromatic nitrogens is 3. The van der Waals surface area contributed by atoms with Crippen LogP contribution in [0.1, 0.15) is 20.9 Å². The van der Waals surface area contributed by atoms with Crippen LogP contribution in [0.2, 0.25) is 0 Å². The highest BCUT2D eigenvalue weighted by Gasteiger charge is 2.23. The molecule has 1 amide bonds. The smallest absolute Gasteiger partial charge is 0.255 e. The predicted octanol–water partition coefficient (Wildman–Crippen LogP) is 4.76. The molecule has 0 radical (unpaired) electrons. The standard InChI is InChI=1S/C27H27N5O3S2/c1-17-12-32-13-18(29-27(32)37-17)11-28-26(33)21-7-8-23(22-16-36-24-6-4-3-5-20(22)24)30-25(21)31(2)14-19-15-34-9-10-35-19/h3-8,12-13,16,19H,9-11,14-15H2,1-2H3,(H,28,33)/t19-/m0/s1. The number of carbonyl (C=O) groups is 1. The van der Waals surface area contributed by atoms with Crippen molar-refractivity contribution in [1.82, 2.24) is 19.7 Å². The Morgan fingerprint density at radius 3 is 2.92 bits per heavy atom. The van der Waals surface area contributed by atoms with Crippen LogP contribution >= 0.6 is 22.7 Å². The largest absolute Gasteiger partial charge is 0.376 e. The second kappa shape index (κ2) is 10.2. The van der Waals surface area contributed by atoms with Gasteiger partial charge in [0.1, 0.15) is 5.82 Å². The molecule has 0 aliphatic carbocycles. The summed E-state index contributed by atoms with van der Waals surface area (Å²) in [5, 5.41) is 6.32. The number of fused-ring (bicyclic) bond motifs is 2. The highest BCUT2D eigenvalue weighted by molar-refractivity contribution is 7.17. The summed E-state index contributed by atoms with van der Waals surface area (Å²) in [7, 11) is 1.94. The van der Waals surface area contributed by atoms with Crippen LogP contribution in [0.5, 0.6) is 0 Å². The second-order valence-corrected chi connectivity index (χ2v) is 11.2. The molecule has 5 aromatic rings. The molecule has 4 aromatic heterocycles. The number of anilines is 1. The van der Waals surface area contributed by atoms with Crippen molar-refractivity contribution >= 4 is 49.4 Å². The normalized spacial score (nSPS) is 15.9. The summed E-state index contributed by atoms with van der Waals surface area (Å²) in [6.07, 6.45) is 3.92. The molecule has 8 nitrogen and oxygen atoms in total. The maximum atomic E-state index is 13.4. The topological polar surface area (TPSA) is 81.0 Å².